The summed E-state index contributed by atoms with van der Waals surface area (Å²) in [6.45, 7) is 2.25. The first-order valence-corrected chi connectivity index (χ1v) is 5.71. The number of ether oxygens (including phenoxy) is 1. The van der Waals surface area contributed by atoms with E-state index in [4.69, 9.17) is 4.74 Å². The third kappa shape index (κ3) is 1.17. The van der Waals surface area contributed by atoms with Gasteiger partial charge in [-0.15, -0.1) is 0 Å². The number of carbonyl (C=O) groups is 1. The summed E-state index contributed by atoms with van der Waals surface area (Å²) in [5.41, 5.74) is 2.17. The van der Waals surface area contributed by atoms with E-state index in [1.54, 1.807) is 6.07 Å². The van der Waals surface area contributed by atoms with Crippen LogP contribution in [0.1, 0.15) is 24.0 Å². The summed E-state index contributed by atoms with van der Waals surface area (Å²) < 4.78 is 5.04. The van der Waals surface area contributed by atoms with Crippen LogP contribution in [0.25, 0.3) is 0 Å². The number of rotatable bonds is 2. The van der Waals surface area contributed by atoms with Crippen molar-refractivity contribution >= 4 is 5.97 Å². The Hall–Kier alpha value is -1.51. The zero-order chi connectivity index (χ0) is 11.3. The Morgan fingerprint density at radius 1 is 1.56 bits per heavy atom. The highest BCUT2D eigenvalue weighted by atomic mass is 16.5. The van der Waals surface area contributed by atoms with Crippen LogP contribution in [-0.4, -0.2) is 17.7 Å². The molecule has 3 atom stereocenters. The molecule has 1 saturated carbocycles. The Labute approximate surface area is 94.0 Å². The van der Waals surface area contributed by atoms with Crippen LogP contribution in [0.15, 0.2) is 18.2 Å². The van der Waals surface area contributed by atoms with E-state index in [0.29, 0.717) is 18.3 Å². The van der Waals surface area contributed by atoms with Crippen LogP contribution >= 0.6 is 0 Å². The van der Waals surface area contributed by atoms with Crippen molar-refractivity contribution in [2.24, 2.45) is 11.8 Å². The second-order valence-electron chi connectivity index (χ2n) is 4.52. The van der Waals surface area contributed by atoms with Crippen molar-refractivity contribution in [3.05, 3.63) is 29.3 Å². The molecule has 1 aromatic rings. The Morgan fingerprint density at radius 3 is 3.12 bits per heavy atom. The van der Waals surface area contributed by atoms with Gasteiger partial charge in [-0.1, -0.05) is 12.1 Å². The van der Waals surface area contributed by atoms with Gasteiger partial charge >= 0.3 is 5.97 Å². The molecule has 3 rings (SSSR count). The first-order chi connectivity index (χ1) is 7.74. The summed E-state index contributed by atoms with van der Waals surface area (Å²) in [6.07, 6.45) is 0.901. The molecule has 0 radical (unpaired) electrons. The Balaban J connectivity index is 1.87. The lowest BCUT2D eigenvalue weighted by molar-refractivity contribution is -0.145. The van der Waals surface area contributed by atoms with E-state index >= 15 is 0 Å². The van der Waals surface area contributed by atoms with E-state index in [2.05, 4.69) is 0 Å². The predicted molar refractivity (Wildman–Crippen MR) is 58.2 cm³/mol. The predicted octanol–water partition coefficient (Wildman–Crippen LogP) is 1.84. The summed E-state index contributed by atoms with van der Waals surface area (Å²) in [5, 5.41) is 9.81. The SMILES string of the molecule is CCOC(=O)[C@@H]1[C@H]2Cc3cccc(O)c3[C@H]21. The van der Waals surface area contributed by atoms with Crippen molar-refractivity contribution in [1.29, 1.82) is 0 Å². The molecule has 16 heavy (non-hydrogen) atoms. The van der Waals surface area contributed by atoms with Gasteiger partial charge < -0.3 is 9.84 Å². The number of phenolic OH excluding ortho intramolecular Hbond substituents is 1. The molecule has 0 aromatic heterocycles. The number of phenols is 1. The minimum Gasteiger partial charge on any atom is -0.508 e. The molecule has 2 aliphatic carbocycles. The normalized spacial score (nSPS) is 29.4. The fourth-order valence-corrected chi connectivity index (χ4v) is 3.00. The van der Waals surface area contributed by atoms with E-state index in [-0.39, 0.29) is 17.8 Å². The van der Waals surface area contributed by atoms with Gasteiger partial charge in [0.25, 0.3) is 0 Å². The highest BCUT2D eigenvalue weighted by Gasteiger charge is 2.61. The van der Waals surface area contributed by atoms with Gasteiger partial charge in [0, 0.05) is 11.5 Å². The van der Waals surface area contributed by atoms with Crippen LogP contribution < -0.4 is 0 Å². The molecule has 1 N–H and O–H groups in total. The fourth-order valence-electron chi connectivity index (χ4n) is 3.00. The van der Waals surface area contributed by atoms with Crippen molar-refractivity contribution in [3.8, 4) is 5.75 Å². The first-order valence-electron chi connectivity index (χ1n) is 5.71. The maximum atomic E-state index is 11.6. The van der Waals surface area contributed by atoms with Crippen LogP contribution in [0, 0.1) is 11.8 Å². The standard InChI is InChI=1S/C13H14O3/c1-2-16-13(15)12-8-6-7-4-3-5-9(14)10(7)11(8)12/h3-5,8,11-12,14H,2,6H2,1H3/t8-,11-,12+/m0/s1. The van der Waals surface area contributed by atoms with Gasteiger partial charge in [0.1, 0.15) is 5.75 Å². The van der Waals surface area contributed by atoms with Crippen LogP contribution in [0.4, 0.5) is 0 Å². The van der Waals surface area contributed by atoms with Crippen LogP contribution in [0.3, 0.4) is 0 Å². The number of aromatic hydroxyl groups is 1. The second-order valence-corrected chi connectivity index (χ2v) is 4.52. The largest absolute Gasteiger partial charge is 0.508 e. The highest BCUT2D eigenvalue weighted by molar-refractivity contribution is 5.80. The number of benzene rings is 1. The summed E-state index contributed by atoms with van der Waals surface area (Å²) >= 11 is 0. The van der Waals surface area contributed by atoms with E-state index < -0.39 is 0 Å². The third-order valence-electron chi connectivity index (χ3n) is 3.69. The van der Waals surface area contributed by atoms with Gasteiger partial charge in [-0.3, -0.25) is 4.79 Å². The molecule has 3 nitrogen and oxygen atoms in total. The summed E-state index contributed by atoms with van der Waals surface area (Å²) in [7, 11) is 0. The summed E-state index contributed by atoms with van der Waals surface area (Å²) in [6, 6.07) is 5.59. The van der Waals surface area contributed by atoms with Crippen molar-refractivity contribution in [2.45, 2.75) is 19.3 Å². The second kappa shape index (κ2) is 3.24. The zero-order valence-electron chi connectivity index (χ0n) is 9.14. The molecular weight excluding hydrogens is 204 g/mol. The monoisotopic (exact) mass is 218 g/mol. The lowest BCUT2D eigenvalue weighted by Gasteiger charge is -2.08. The van der Waals surface area contributed by atoms with Crippen LogP contribution in [-0.2, 0) is 16.0 Å². The molecule has 0 spiro atoms. The van der Waals surface area contributed by atoms with Crippen LogP contribution in [0.2, 0.25) is 0 Å². The zero-order valence-corrected chi connectivity index (χ0v) is 9.14. The van der Waals surface area contributed by atoms with Gasteiger partial charge in [-0.05, 0) is 30.9 Å². The van der Waals surface area contributed by atoms with Gasteiger partial charge in [0.15, 0.2) is 0 Å². The molecule has 0 unspecified atom stereocenters. The maximum absolute atomic E-state index is 11.6. The minimum atomic E-state index is -0.105. The molecule has 0 amide bonds. The number of hydrogen-bond donors (Lipinski definition) is 1. The molecule has 0 aliphatic heterocycles. The maximum Gasteiger partial charge on any atom is 0.309 e. The van der Waals surface area contributed by atoms with Crippen molar-refractivity contribution in [2.75, 3.05) is 6.61 Å². The summed E-state index contributed by atoms with van der Waals surface area (Å²) in [4.78, 5) is 11.6. The van der Waals surface area contributed by atoms with Crippen molar-refractivity contribution in [3.63, 3.8) is 0 Å². The number of esters is 1. The first kappa shape index (κ1) is 9.70. The van der Waals surface area contributed by atoms with Gasteiger partial charge in [-0.2, -0.15) is 0 Å². The average Bonchev–Trinajstić information content (AvgIpc) is 2.81. The highest BCUT2D eigenvalue weighted by Crippen LogP contribution is 2.63. The van der Waals surface area contributed by atoms with Crippen LogP contribution in [0.5, 0.6) is 5.75 Å². The molecule has 3 heteroatoms. The molecule has 0 heterocycles. The fraction of sp³-hybridized carbons (Fsp3) is 0.462. The lowest BCUT2D eigenvalue weighted by atomic mass is 10.0. The Morgan fingerprint density at radius 2 is 2.38 bits per heavy atom. The molecule has 1 fully saturated rings. The Kier molecular flexibility index (Phi) is 1.96. The smallest absolute Gasteiger partial charge is 0.309 e. The van der Waals surface area contributed by atoms with Crippen molar-refractivity contribution < 1.29 is 14.6 Å². The molecule has 1 aromatic carbocycles. The van der Waals surface area contributed by atoms with E-state index in [1.807, 2.05) is 19.1 Å². The quantitative estimate of drug-likeness (QED) is 0.770. The van der Waals surface area contributed by atoms with E-state index in [0.717, 1.165) is 12.0 Å². The molecule has 0 bridgehead atoms. The van der Waals surface area contributed by atoms with Gasteiger partial charge in [-0.25, -0.2) is 0 Å². The number of hydrogen-bond acceptors (Lipinski definition) is 3. The topological polar surface area (TPSA) is 46.5 Å². The molecule has 0 saturated heterocycles. The van der Waals surface area contributed by atoms with E-state index in [9.17, 15) is 9.90 Å². The van der Waals surface area contributed by atoms with Gasteiger partial charge in [0.2, 0.25) is 0 Å². The lowest BCUT2D eigenvalue weighted by Crippen LogP contribution is -2.10. The number of carbonyl (C=O) groups excluding carboxylic acids is 1. The van der Waals surface area contributed by atoms with Gasteiger partial charge in [0.05, 0.1) is 12.5 Å². The number of fused-ring (bicyclic) bond motifs is 3. The third-order valence-corrected chi connectivity index (χ3v) is 3.69. The molecular formula is C13H14O3. The minimum absolute atomic E-state index is 0.0132. The van der Waals surface area contributed by atoms with Crippen molar-refractivity contribution in [1.82, 2.24) is 0 Å². The average molecular weight is 218 g/mol. The summed E-state index contributed by atoms with van der Waals surface area (Å²) in [5.74, 6) is 0.779. The van der Waals surface area contributed by atoms with E-state index in [1.165, 1.54) is 5.56 Å². The molecule has 84 valence electrons. The molecule has 2 aliphatic rings. The Bertz CT molecular complexity index is 452.